The number of carbonyl (C=O) groups is 3. The second kappa shape index (κ2) is 5.06. The van der Waals surface area contributed by atoms with Crippen LogP contribution in [-0.4, -0.2) is 33.9 Å². The molecule has 0 aromatic heterocycles. The number of carbonyl (C=O) groups excluding carboxylic acids is 2. The molecule has 4 rings (SSSR count). The number of halogens is 1. The third-order valence-electron chi connectivity index (χ3n) is 5.20. The molecule has 1 aliphatic heterocycles. The Kier molecular flexibility index (Phi) is 3.23. The molecular formula is C16H14BrNO5. The van der Waals surface area contributed by atoms with Gasteiger partial charge in [-0.1, -0.05) is 22.0 Å². The van der Waals surface area contributed by atoms with Crippen LogP contribution in [0.25, 0.3) is 0 Å². The molecule has 2 saturated carbocycles. The number of esters is 1. The highest BCUT2D eigenvalue weighted by Gasteiger charge is 2.67. The number of fused-ring (bicyclic) bond motifs is 1. The number of amides is 1. The average molecular weight is 380 g/mol. The first-order valence-electron chi connectivity index (χ1n) is 7.46. The maximum atomic E-state index is 12.7. The molecule has 0 spiro atoms. The van der Waals surface area contributed by atoms with Gasteiger partial charge in [-0.05, 0) is 30.5 Å². The standard InChI is InChI=1S/C16H14BrNO5/c17-12-8-5-9-11(16(22)23-13(9)12)10(8)14(19)18-7-3-1-2-6(4-7)15(20)21/h1-4,8-13H,5H2,(H,18,19)(H,20,21)/t8-,9-,10-,11-,12-,13+/m1/s1. The smallest absolute Gasteiger partial charge is 0.335 e. The summed E-state index contributed by atoms with van der Waals surface area (Å²) in [7, 11) is 0. The van der Waals surface area contributed by atoms with E-state index in [0.29, 0.717) is 5.69 Å². The molecule has 0 unspecified atom stereocenters. The van der Waals surface area contributed by atoms with Gasteiger partial charge in [0, 0.05) is 11.6 Å². The van der Waals surface area contributed by atoms with Crippen LogP contribution in [0, 0.1) is 23.7 Å². The van der Waals surface area contributed by atoms with Crippen LogP contribution in [0.2, 0.25) is 0 Å². The summed E-state index contributed by atoms with van der Waals surface area (Å²) in [5, 5.41) is 11.8. The number of rotatable bonds is 3. The Morgan fingerprint density at radius 1 is 1.30 bits per heavy atom. The van der Waals surface area contributed by atoms with Gasteiger partial charge in [0.05, 0.1) is 22.2 Å². The predicted molar refractivity (Wildman–Crippen MR) is 83.2 cm³/mol. The lowest BCUT2D eigenvalue weighted by molar-refractivity contribution is -0.145. The molecule has 2 bridgehead atoms. The van der Waals surface area contributed by atoms with Crippen molar-refractivity contribution in [1.29, 1.82) is 0 Å². The van der Waals surface area contributed by atoms with E-state index >= 15 is 0 Å². The summed E-state index contributed by atoms with van der Waals surface area (Å²) in [6, 6.07) is 6.09. The molecule has 3 aliphatic rings. The van der Waals surface area contributed by atoms with Crippen LogP contribution < -0.4 is 5.32 Å². The Labute approximate surface area is 140 Å². The summed E-state index contributed by atoms with van der Waals surface area (Å²) >= 11 is 3.57. The highest BCUT2D eigenvalue weighted by Crippen LogP contribution is 2.60. The van der Waals surface area contributed by atoms with Crippen LogP contribution in [0.3, 0.4) is 0 Å². The number of carboxylic acid groups (broad SMARTS) is 1. The number of aromatic carboxylic acids is 1. The minimum absolute atomic E-state index is 0.0105. The van der Waals surface area contributed by atoms with Crippen molar-refractivity contribution in [2.45, 2.75) is 17.4 Å². The largest absolute Gasteiger partial charge is 0.478 e. The second-order valence-electron chi connectivity index (χ2n) is 6.34. The van der Waals surface area contributed by atoms with E-state index in [2.05, 4.69) is 21.2 Å². The van der Waals surface area contributed by atoms with Gasteiger partial charge in [-0.3, -0.25) is 9.59 Å². The minimum Gasteiger partial charge on any atom is -0.478 e. The van der Waals surface area contributed by atoms with Gasteiger partial charge in [0.2, 0.25) is 5.91 Å². The lowest BCUT2D eigenvalue weighted by atomic mass is 9.79. The number of alkyl halides is 1. The van der Waals surface area contributed by atoms with Crippen molar-refractivity contribution < 1.29 is 24.2 Å². The van der Waals surface area contributed by atoms with Crippen molar-refractivity contribution in [3.63, 3.8) is 0 Å². The van der Waals surface area contributed by atoms with E-state index in [4.69, 9.17) is 9.84 Å². The van der Waals surface area contributed by atoms with E-state index in [0.717, 1.165) is 6.42 Å². The van der Waals surface area contributed by atoms with Crippen LogP contribution in [0.1, 0.15) is 16.8 Å². The predicted octanol–water partition coefficient (Wildman–Crippen LogP) is 1.89. The van der Waals surface area contributed by atoms with Crippen molar-refractivity contribution in [2.75, 3.05) is 5.32 Å². The summed E-state index contributed by atoms with van der Waals surface area (Å²) in [6.07, 6.45) is 0.696. The van der Waals surface area contributed by atoms with E-state index in [1.165, 1.54) is 12.1 Å². The second-order valence-corrected chi connectivity index (χ2v) is 7.39. The van der Waals surface area contributed by atoms with Gasteiger partial charge in [-0.15, -0.1) is 0 Å². The summed E-state index contributed by atoms with van der Waals surface area (Å²) in [5.74, 6) is -2.20. The zero-order chi connectivity index (χ0) is 16.3. The molecule has 1 aromatic rings. The van der Waals surface area contributed by atoms with Crippen LogP contribution in [-0.2, 0) is 14.3 Å². The first-order chi connectivity index (χ1) is 11.0. The molecule has 1 amide bonds. The summed E-state index contributed by atoms with van der Waals surface area (Å²) in [4.78, 5) is 35.7. The van der Waals surface area contributed by atoms with Gasteiger partial charge in [0.25, 0.3) is 0 Å². The van der Waals surface area contributed by atoms with E-state index in [1.807, 2.05) is 0 Å². The third-order valence-corrected chi connectivity index (χ3v) is 6.40. The molecule has 6 nitrogen and oxygen atoms in total. The Morgan fingerprint density at radius 2 is 2.09 bits per heavy atom. The molecule has 120 valence electrons. The number of benzene rings is 1. The molecule has 3 fully saturated rings. The highest BCUT2D eigenvalue weighted by molar-refractivity contribution is 9.09. The summed E-state index contributed by atoms with van der Waals surface area (Å²) in [5.41, 5.74) is 0.529. The minimum atomic E-state index is -1.05. The first kappa shape index (κ1) is 14.7. The number of hydrogen-bond acceptors (Lipinski definition) is 4. The Bertz CT molecular complexity index is 720. The van der Waals surface area contributed by atoms with Crippen molar-refractivity contribution >= 4 is 39.5 Å². The van der Waals surface area contributed by atoms with Crippen molar-refractivity contribution in [1.82, 2.24) is 0 Å². The molecule has 2 aliphatic carbocycles. The topological polar surface area (TPSA) is 92.7 Å². The van der Waals surface area contributed by atoms with Crippen molar-refractivity contribution in [2.24, 2.45) is 23.7 Å². The zero-order valence-corrected chi connectivity index (χ0v) is 13.5. The molecule has 1 saturated heterocycles. The lowest BCUT2D eigenvalue weighted by Crippen LogP contribution is -2.40. The van der Waals surface area contributed by atoms with Crippen LogP contribution in [0.4, 0.5) is 5.69 Å². The Morgan fingerprint density at radius 3 is 2.83 bits per heavy atom. The molecular weight excluding hydrogens is 366 g/mol. The van der Waals surface area contributed by atoms with Crippen LogP contribution in [0.5, 0.6) is 0 Å². The fourth-order valence-electron chi connectivity index (χ4n) is 4.29. The van der Waals surface area contributed by atoms with Gasteiger partial charge in [-0.25, -0.2) is 4.79 Å². The van der Waals surface area contributed by atoms with Gasteiger partial charge in [0.15, 0.2) is 0 Å². The summed E-state index contributed by atoms with van der Waals surface area (Å²) < 4.78 is 5.39. The number of ether oxygens (including phenoxy) is 1. The molecule has 23 heavy (non-hydrogen) atoms. The van der Waals surface area contributed by atoms with Gasteiger partial charge < -0.3 is 15.2 Å². The summed E-state index contributed by atoms with van der Waals surface area (Å²) in [6.45, 7) is 0. The monoisotopic (exact) mass is 379 g/mol. The number of nitrogens with one attached hydrogen (secondary N) is 1. The fourth-order valence-corrected chi connectivity index (χ4v) is 5.33. The van der Waals surface area contributed by atoms with Crippen molar-refractivity contribution in [3.8, 4) is 0 Å². The van der Waals surface area contributed by atoms with Crippen LogP contribution >= 0.6 is 15.9 Å². The van der Waals surface area contributed by atoms with Gasteiger partial charge in [0.1, 0.15) is 6.10 Å². The Balaban J connectivity index is 1.57. The average Bonchev–Trinajstić information content (AvgIpc) is 3.11. The number of anilines is 1. The zero-order valence-electron chi connectivity index (χ0n) is 11.9. The quantitative estimate of drug-likeness (QED) is 0.617. The number of carboxylic acids is 1. The van der Waals surface area contributed by atoms with Crippen LogP contribution in [0.15, 0.2) is 24.3 Å². The van der Waals surface area contributed by atoms with Gasteiger partial charge >= 0.3 is 11.9 Å². The molecule has 7 heteroatoms. The highest BCUT2D eigenvalue weighted by atomic mass is 79.9. The maximum absolute atomic E-state index is 12.7. The van der Waals surface area contributed by atoms with E-state index in [1.54, 1.807) is 12.1 Å². The SMILES string of the molecule is O=C(O)c1cccc(NC(=O)[C@@H]2[C@H]3C[C@H]4[C@H](OC(=O)[C@H]42)[C@@H]3Br)c1. The lowest BCUT2D eigenvalue weighted by Gasteiger charge is -2.27. The van der Waals surface area contributed by atoms with Crippen molar-refractivity contribution in [3.05, 3.63) is 29.8 Å². The Hall–Kier alpha value is -1.89. The maximum Gasteiger partial charge on any atom is 0.335 e. The van der Waals surface area contributed by atoms with E-state index in [9.17, 15) is 14.4 Å². The molecule has 1 heterocycles. The molecule has 0 radical (unpaired) electrons. The van der Waals surface area contributed by atoms with E-state index < -0.39 is 11.9 Å². The third kappa shape index (κ3) is 2.09. The molecule has 1 aromatic carbocycles. The first-order valence-corrected chi connectivity index (χ1v) is 8.37. The normalized spacial score (nSPS) is 36.8. The van der Waals surface area contributed by atoms with Gasteiger partial charge in [-0.2, -0.15) is 0 Å². The molecule has 6 atom stereocenters. The molecule has 2 N–H and O–H groups in total. The van der Waals surface area contributed by atoms with E-state index in [-0.39, 0.29) is 46.1 Å². The fraction of sp³-hybridized carbons (Fsp3) is 0.438. The number of hydrogen-bond donors (Lipinski definition) is 2.